The van der Waals surface area contributed by atoms with E-state index in [2.05, 4.69) is 41.7 Å². The Labute approximate surface area is 158 Å². The van der Waals surface area contributed by atoms with E-state index in [1.165, 1.54) is 109 Å². The molecule has 0 aliphatic carbocycles. The minimum Gasteiger partial charge on any atom is -0.237 e. The monoisotopic (exact) mass is 349 g/mol. The summed E-state index contributed by atoms with van der Waals surface area (Å²) < 4.78 is 4.64. The molecule has 1 aromatic heterocycles. The molecule has 0 saturated heterocycles. The maximum atomic E-state index is 2.35. The molecule has 0 spiro atoms. The van der Waals surface area contributed by atoms with Gasteiger partial charge in [0, 0.05) is 0 Å². The fraction of sp³-hybridized carbons (Fsp3) is 0.870. The average Bonchev–Trinajstić information content (AvgIpc) is 3.06. The Morgan fingerprint density at radius 3 is 1.56 bits per heavy atom. The van der Waals surface area contributed by atoms with Gasteiger partial charge in [0.15, 0.2) is 0 Å². The predicted molar refractivity (Wildman–Crippen MR) is 110 cm³/mol. The standard InChI is InChI=1S/C23H45N2/c1-3-5-6-7-8-9-10-11-12-13-14-15-16-17-18-20-25-22-21-24(23-25)19-4-2/h21-23H,3-20H2,1-2H3/q+1. The lowest BCUT2D eigenvalue weighted by atomic mass is 10.0. The highest BCUT2D eigenvalue weighted by molar-refractivity contribution is 4.66. The fourth-order valence-electron chi connectivity index (χ4n) is 3.63. The van der Waals surface area contributed by atoms with Crippen LogP contribution in [0.15, 0.2) is 18.7 Å². The third-order valence-corrected chi connectivity index (χ3v) is 5.25. The van der Waals surface area contributed by atoms with E-state index in [0.717, 1.165) is 6.54 Å². The highest BCUT2D eigenvalue weighted by Crippen LogP contribution is 2.13. The van der Waals surface area contributed by atoms with Gasteiger partial charge in [-0.05, 0) is 19.3 Å². The van der Waals surface area contributed by atoms with Gasteiger partial charge in [-0.2, -0.15) is 0 Å². The van der Waals surface area contributed by atoms with Crippen LogP contribution >= 0.6 is 0 Å². The number of unbranched alkanes of at least 4 members (excludes halogenated alkanes) is 14. The lowest BCUT2D eigenvalue weighted by Gasteiger charge is -2.03. The molecule has 1 heterocycles. The van der Waals surface area contributed by atoms with Crippen LogP contribution in [0, 0.1) is 0 Å². The number of imidazole rings is 1. The molecule has 0 N–H and O–H groups in total. The highest BCUT2D eigenvalue weighted by atomic mass is 15.1. The van der Waals surface area contributed by atoms with Crippen molar-refractivity contribution in [3.63, 3.8) is 0 Å². The summed E-state index contributed by atoms with van der Waals surface area (Å²) in [5.74, 6) is 0. The van der Waals surface area contributed by atoms with Crippen LogP contribution in [0.2, 0.25) is 0 Å². The van der Waals surface area contributed by atoms with E-state index in [0.29, 0.717) is 0 Å². The summed E-state index contributed by atoms with van der Waals surface area (Å²) in [6.07, 6.45) is 29.5. The molecule has 0 saturated carbocycles. The van der Waals surface area contributed by atoms with Crippen LogP contribution in [0.5, 0.6) is 0 Å². The zero-order valence-corrected chi connectivity index (χ0v) is 17.4. The Morgan fingerprint density at radius 1 is 0.600 bits per heavy atom. The van der Waals surface area contributed by atoms with Gasteiger partial charge in [-0.1, -0.05) is 97.3 Å². The van der Waals surface area contributed by atoms with Crippen molar-refractivity contribution in [3.05, 3.63) is 18.7 Å². The SMILES string of the molecule is CCCCCCCCCCCCCCCCCn1cc[n+](CCC)c1. The summed E-state index contributed by atoms with van der Waals surface area (Å²) in [4.78, 5) is 0. The average molecular weight is 350 g/mol. The minimum absolute atomic E-state index is 1.14. The molecule has 0 bridgehead atoms. The molecule has 146 valence electrons. The molecule has 1 rings (SSSR count). The molecule has 2 heteroatoms. The molecule has 0 atom stereocenters. The summed E-state index contributed by atoms with van der Waals surface area (Å²) in [5, 5.41) is 0. The first-order chi connectivity index (χ1) is 12.4. The van der Waals surface area contributed by atoms with E-state index >= 15 is 0 Å². The first-order valence-corrected chi connectivity index (χ1v) is 11.4. The first kappa shape index (κ1) is 22.3. The van der Waals surface area contributed by atoms with Crippen molar-refractivity contribution in [1.29, 1.82) is 0 Å². The normalized spacial score (nSPS) is 11.3. The molecule has 0 aliphatic rings. The quantitative estimate of drug-likeness (QED) is 0.198. The van der Waals surface area contributed by atoms with Crippen molar-refractivity contribution in [3.8, 4) is 0 Å². The number of hydrogen-bond acceptors (Lipinski definition) is 0. The Morgan fingerprint density at radius 2 is 1.08 bits per heavy atom. The molecule has 25 heavy (non-hydrogen) atoms. The Bertz CT molecular complexity index is 383. The largest absolute Gasteiger partial charge is 0.243 e. The number of rotatable bonds is 18. The molecule has 0 amide bonds. The molecule has 0 fully saturated rings. The second kappa shape index (κ2) is 16.7. The summed E-state index contributed by atoms with van der Waals surface area (Å²) in [7, 11) is 0. The van der Waals surface area contributed by atoms with E-state index in [1.807, 2.05) is 0 Å². The maximum Gasteiger partial charge on any atom is 0.243 e. The molecule has 0 aromatic carbocycles. The van der Waals surface area contributed by atoms with Gasteiger partial charge in [-0.25, -0.2) is 9.13 Å². The minimum atomic E-state index is 1.14. The van der Waals surface area contributed by atoms with Crippen LogP contribution in [-0.2, 0) is 13.1 Å². The summed E-state index contributed by atoms with van der Waals surface area (Å²) in [6.45, 7) is 6.87. The Hall–Kier alpha value is -0.790. The van der Waals surface area contributed by atoms with Crippen molar-refractivity contribution in [2.45, 2.75) is 130 Å². The zero-order chi connectivity index (χ0) is 18.0. The third-order valence-electron chi connectivity index (χ3n) is 5.25. The summed E-state index contributed by atoms with van der Waals surface area (Å²) in [6, 6.07) is 0. The highest BCUT2D eigenvalue weighted by Gasteiger charge is 2.02. The predicted octanol–water partition coefficient (Wildman–Crippen LogP) is 7.06. The lowest BCUT2D eigenvalue weighted by Crippen LogP contribution is -2.30. The topological polar surface area (TPSA) is 8.81 Å². The van der Waals surface area contributed by atoms with E-state index in [-0.39, 0.29) is 0 Å². The molecule has 0 unspecified atom stereocenters. The number of hydrogen-bond donors (Lipinski definition) is 0. The number of nitrogens with zero attached hydrogens (tertiary/aromatic N) is 2. The maximum absolute atomic E-state index is 2.35. The van der Waals surface area contributed by atoms with Crippen LogP contribution in [0.4, 0.5) is 0 Å². The number of aromatic nitrogens is 2. The number of aryl methyl sites for hydroxylation is 2. The van der Waals surface area contributed by atoms with Gasteiger partial charge in [0.1, 0.15) is 12.4 Å². The first-order valence-electron chi connectivity index (χ1n) is 11.4. The van der Waals surface area contributed by atoms with Gasteiger partial charge in [0.25, 0.3) is 0 Å². The van der Waals surface area contributed by atoms with Crippen molar-refractivity contribution in [1.82, 2.24) is 4.57 Å². The van der Waals surface area contributed by atoms with Crippen LogP contribution < -0.4 is 4.57 Å². The Balaban J connectivity index is 1.77. The smallest absolute Gasteiger partial charge is 0.237 e. The van der Waals surface area contributed by atoms with Crippen molar-refractivity contribution >= 4 is 0 Å². The lowest BCUT2D eigenvalue weighted by molar-refractivity contribution is -0.696. The van der Waals surface area contributed by atoms with Gasteiger partial charge in [-0.3, -0.25) is 0 Å². The van der Waals surface area contributed by atoms with E-state index in [1.54, 1.807) is 0 Å². The Kier molecular flexibility index (Phi) is 14.8. The molecule has 0 aliphatic heterocycles. The molecular weight excluding hydrogens is 304 g/mol. The van der Waals surface area contributed by atoms with Crippen LogP contribution in [0.3, 0.4) is 0 Å². The van der Waals surface area contributed by atoms with Crippen LogP contribution in [0.25, 0.3) is 0 Å². The van der Waals surface area contributed by atoms with Crippen molar-refractivity contribution in [2.24, 2.45) is 0 Å². The van der Waals surface area contributed by atoms with Gasteiger partial charge in [0.05, 0.1) is 13.1 Å². The van der Waals surface area contributed by atoms with Gasteiger partial charge in [-0.15, -0.1) is 0 Å². The molecule has 1 aromatic rings. The summed E-state index contributed by atoms with van der Waals surface area (Å²) in [5.41, 5.74) is 0. The second-order valence-electron chi connectivity index (χ2n) is 7.84. The van der Waals surface area contributed by atoms with E-state index < -0.39 is 0 Å². The van der Waals surface area contributed by atoms with Crippen molar-refractivity contribution < 1.29 is 4.57 Å². The van der Waals surface area contributed by atoms with Gasteiger partial charge in [0.2, 0.25) is 6.33 Å². The van der Waals surface area contributed by atoms with Crippen molar-refractivity contribution in [2.75, 3.05) is 0 Å². The third kappa shape index (κ3) is 13.1. The van der Waals surface area contributed by atoms with Gasteiger partial charge >= 0.3 is 0 Å². The second-order valence-corrected chi connectivity index (χ2v) is 7.84. The molecular formula is C23H45N2+. The van der Waals surface area contributed by atoms with Crippen LogP contribution in [-0.4, -0.2) is 4.57 Å². The summed E-state index contributed by atoms with van der Waals surface area (Å²) >= 11 is 0. The molecule has 0 radical (unpaired) electrons. The fourth-order valence-corrected chi connectivity index (χ4v) is 3.63. The van der Waals surface area contributed by atoms with E-state index in [9.17, 15) is 0 Å². The van der Waals surface area contributed by atoms with Gasteiger partial charge < -0.3 is 0 Å². The molecule has 2 nitrogen and oxygen atoms in total. The van der Waals surface area contributed by atoms with Crippen LogP contribution in [0.1, 0.15) is 117 Å². The zero-order valence-electron chi connectivity index (χ0n) is 17.4. The van der Waals surface area contributed by atoms with E-state index in [4.69, 9.17) is 0 Å².